The highest BCUT2D eigenvalue weighted by atomic mass is 35.5. The summed E-state index contributed by atoms with van der Waals surface area (Å²) in [7, 11) is 0. The van der Waals surface area contributed by atoms with Crippen LogP contribution in [-0.4, -0.2) is 50.9 Å². The van der Waals surface area contributed by atoms with Gasteiger partial charge in [-0.05, 0) is 46.1 Å². The molecule has 1 saturated heterocycles. The van der Waals surface area contributed by atoms with Gasteiger partial charge in [0.1, 0.15) is 11.7 Å². The molecule has 0 spiro atoms. The second-order valence-corrected chi connectivity index (χ2v) is 7.21. The van der Waals surface area contributed by atoms with Crippen molar-refractivity contribution in [3.05, 3.63) is 57.3 Å². The number of aromatic nitrogens is 4. The minimum Gasteiger partial charge on any atom is -0.369 e. The molecule has 0 N–H and O–H groups in total. The average molecular weight is 377 g/mol. The Morgan fingerprint density at radius 1 is 1.08 bits per heavy atom. The molecule has 0 radical (unpaired) electrons. The third-order valence-electron chi connectivity index (χ3n) is 4.23. The predicted octanol–water partition coefficient (Wildman–Crippen LogP) is 1.92. The van der Waals surface area contributed by atoms with Crippen molar-refractivity contribution in [2.24, 2.45) is 0 Å². The zero-order valence-electron chi connectivity index (χ0n) is 13.5. The van der Waals surface area contributed by atoms with Gasteiger partial charge in [-0.3, -0.25) is 4.90 Å². The van der Waals surface area contributed by atoms with Crippen molar-refractivity contribution in [2.75, 3.05) is 31.1 Å². The molecule has 1 fully saturated rings. The monoisotopic (exact) mass is 376 g/mol. The lowest BCUT2D eigenvalue weighted by molar-refractivity contribution is 0.191. The van der Waals surface area contributed by atoms with Crippen molar-refractivity contribution in [1.82, 2.24) is 24.7 Å². The van der Waals surface area contributed by atoms with E-state index in [1.165, 1.54) is 20.7 Å². The van der Waals surface area contributed by atoms with Crippen molar-refractivity contribution in [3.8, 4) is 5.00 Å². The molecule has 25 heavy (non-hydrogen) atoms. The minimum atomic E-state index is -0.209. The van der Waals surface area contributed by atoms with Crippen LogP contribution in [0.3, 0.4) is 0 Å². The van der Waals surface area contributed by atoms with Gasteiger partial charge in [0, 0.05) is 36.9 Å². The first-order chi connectivity index (χ1) is 12.2. The summed E-state index contributed by atoms with van der Waals surface area (Å²) in [4.78, 5) is 16.9. The quantitative estimate of drug-likeness (QED) is 0.696. The van der Waals surface area contributed by atoms with E-state index in [1.807, 2.05) is 35.7 Å². The normalized spacial score (nSPS) is 15.6. The van der Waals surface area contributed by atoms with Crippen LogP contribution < -0.4 is 10.6 Å². The Hall–Kier alpha value is -2.16. The Balaban J connectivity index is 1.40. The molecule has 4 rings (SSSR count). The van der Waals surface area contributed by atoms with Gasteiger partial charge in [0.05, 0.1) is 0 Å². The van der Waals surface area contributed by atoms with Crippen molar-refractivity contribution < 1.29 is 0 Å². The van der Waals surface area contributed by atoms with Crippen molar-refractivity contribution in [3.63, 3.8) is 0 Å². The number of nitrogens with zero attached hydrogens (tertiary/aromatic N) is 6. The maximum atomic E-state index is 12.4. The molecule has 0 aliphatic carbocycles. The second kappa shape index (κ2) is 6.99. The lowest BCUT2D eigenvalue weighted by Crippen LogP contribution is -2.48. The summed E-state index contributed by atoms with van der Waals surface area (Å²) in [6, 6.07) is 11.6. The maximum Gasteiger partial charge on any atom is 0.370 e. The van der Waals surface area contributed by atoms with Gasteiger partial charge < -0.3 is 4.90 Å². The molecule has 0 amide bonds. The highest BCUT2D eigenvalue weighted by molar-refractivity contribution is 7.12. The van der Waals surface area contributed by atoms with E-state index >= 15 is 0 Å². The van der Waals surface area contributed by atoms with Crippen LogP contribution in [0.1, 0.15) is 0 Å². The number of hydrogen-bond acceptors (Lipinski definition) is 6. The Kier molecular flexibility index (Phi) is 4.56. The van der Waals surface area contributed by atoms with Crippen LogP contribution >= 0.6 is 22.9 Å². The van der Waals surface area contributed by atoms with E-state index < -0.39 is 0 Å². The first-order valence-corrected chi connectivity index (χ1v) is 9.26. The molecule has 0 saturated carbocycles. The molecule has 0 bridgehead atoms. The first kappa shape index (κ1) is 16.3. The van der Waals surface area contributed by atoms with E-state index in [-0.39, 0.29) is 5.69 Å². The number of piperazine rings is 1. The number of benzene rings is 1. The summed E-state index contributed by atoms with van der Waals surface area (Å²) in [5.41, 5.74) is 0.924. The number of rotatable bonds is 4. The van der Waals surface area contributed by atoms with E-state index in [4.69, 9.17) is 11.6 Å². The summed E-state index contributed by atoms with van der Waals surface area (Å²) in [6.45, 7) is 3.92. The van der Waals surface area contributed by atoms with Gasteiger partial charge in [0.15, 0.2) is 0 Å². The van der Waals surface area contributed by atoms with Crippen molar-refractivity contribution in [2.45, 2.75) is 6.67 Å². The standard InChI is InChI=1S/C16H17ClN6OS/c17-13-3-1-4-14(11-13)21-8-6-20(7-9-21)12-22-16(24)23(19-18-22)15-5-2-10-25-15/h1-5,10-11H,6-9,12H2. The van der Waals surface area contributed by atoms with Crippen LogP contribution in [0, 0.1) is 0 Å². The van der Waals surface area contributed by atoms with Gasteiger partial charge >= 0.3 is 5.69 Å². The molecule has 130 valence electrons. The molecule has 1 aromatic carbocycles. The third kappa shape index (κ3) is 3.46. The molecule has 1 aliphatic rings. The lowest BCUT2D eigenvalue weighted by Gasteiger charge is -2.35. The van der Waals surface area contributed by atoms with E-state index in [1.54, 1.807) is 0 Å². The van der Waals surface area contributed by atoms with E-state index in [0.29, 0.717) is 6.67 Å². The molecule has 9 heteroatoms. The topological polar surface area (TPSA) is 59.2 Å². The molecule has 0 atom stereocenters. The average Bonchev–Trinajstić information content (AvgIpc) is 3.26. The maximum absolute atomic E-state index is 12.4. The SMILES string of the molecule is O=c1n(CN2CCN(c3cccc(Cl)c3)CC2)nnn1-c1cccs1. The zero-order chi connectivity index (χ0) is 17.2. The summed E-state index contributed by atoms with van der Waals surface area (Å²) >= 11 is 7.53. The van der Waals surface area contributed by atoms with Gasteiger partial charge in [-0.25, -0.2) is 4.79 Å². The van der Waals surface area contributed by atoms with E-state index in [0.717, 1.165) is 41.9 Å². The molecular formula is C16H17ClN6OS. The smallest absolute Gasteiger partial charge is 0.369 e. The number of hydrogen-bond donors (Lipinski definition) is 0. The lowest BCUT2D eigenvalue weighted by atomic mass is 10.2. The van der Waals surface area contributed by atoms with Crippen LogP contribution in [0.5, 0.6) is 0 Å². The number of anilines is 1. The summed E-state index contributed by atoms with van der Waals surface area (Å²) in [5.74, 6) is 0. The Labute approximate surface area is 153 Å². The Morgan fingerprint density at radius 3 is 2.64 bits per heavy atom. The van der Waals surface area contributed by atoms with Crippen molar-refractivity contribution in [1.29, 1.82) is 0 Å². The van der Waals surface area contributed by atoms with Crippen LogP contribution in [0.4, 0.5) is 5.69 Å². The third-order valence-corrected chi connectivity index (χ3v) is 5.31. The highest BCUT2D eigenvalue weighted by Gasteiger charge is 2.19. The van der Waals surface area contributed by atoms with Gasteiger partial charge in [-0.15, -0.1) is 11.3 Å². The first-order valence-electron chi connectivity index (χ1n) is 8.00. The van der Waals surface area contributed by atoms with Gasteiger partial charge in [-0.2, -0.15) is 9.36 Å². The summed E-state index contributed by atoms with van der Waals surface area (Å²) < 4.78 is 2.75. The minimum absolute atomic E-state index is 0.209. The van der Waals surface area contributed by atoms with Crippen LogP contribution in [0.15, 0.2) is 46.6 Å². The van der Waals surface area contributed by atoms with Gasteiger partial charge in [0.25, 0.3) is 0 Å². The Morgan fingerprint density at radius 2 is 1.92 bits per heavy atom. The molecule has 7 nitrogen and oxygen atoms in total. The second-order valence-electron chi connectivity index (χ2n) is 5.85. The van der Waals surface area contributed by atoms with Crippen molar-refractivity contribution >= 4 is 28.6 Å². The molecule has 3 aromatic rings. The van der Waals surface area contributed by atoms with Crippen LogP contribution in [0.25, 0.3) is 5.00 Å². The fraction of sp³-hybridized carbons (Fsp3) is 0.312. The fourth-order valence-electron chi connectivity index (χ4n) is 2.90. The highest BCUT2D eigenvalue weighted by Crippen LogP contribution is 2.20. The molecule has 1 aliphatic heterocycles. The largest absolute Gasteiger partial charge is 0.370 e. The van der Waals surface area contributed by atoms with Crippen LogP contribution in [0.2, 0.25) is 5.02 Å². The summed E-state index contributed by atoms with van der Waals surface area (Å²) in [5, 5.41) is 11.4. The molecule has 0 unspecified atom stereocenters. The Bertz CT molecular complexity index is 897. The van der Waals surface area contributed by atoms with Gasteiger partial charge in [-0.1, -0.05) is 17.7 Å². The van der Waals surface area contributed by atoms with Gasteiger partial charge in [0.2, 0.25) is 0 Å². The number of tetrazole rings is 1. The predicted molar refractivity (Wildman–Crippen MR) is 98.7 cm³/mol. The number of halogens is 1. The zero-order valence-corrected chi connectivity index (χ0v) is 15.0. The molecule has 2 aromatic heterocycles. The molecule has 3 heterocycles. The van der Waals surface area contributed by atoms with E-state index in [2.05, 4.69) is 26.3 Å². The summed E-state index contributed by atoms with van der Waals surface area (Å²) in [6.07, 6.45) is 0. The fourth-order valence-corrected chi connectivity index (χ4v) is 3.75. The van der Waals surface area contributed by atoms with Crippen LogP contribution in [-0.2, 0) is 6.67 Å². The number of thiophene rings is 1. The van der Waals surface area contributed by atoms with E-state index in [9.17, 15) is 4.79 Å². The molecular weight excluding hydrogens is 360 g/mol.